The summed E-state index contributed by atoms with van der Waals surface area (Å²) in [4.78, 5) is 16.5. The molecule has 1 aliphatic rings. The Hall–Kier alpha value is -1.80. The van der Waals surface area contributed by atoms with Gasteiger partial charge in [-0.3, -0.25) is 4.79 Å². The van der Waals surface area contributed by atoms with E-state index in [0.717, 1.165) is 26.2 Å². The van der Waals surface area contributed by atoms with Crippen LogP contribution in [-0.2, 0) is 0 Å². The van der Waals surface area contributed by atoms with Crippen molar-refractivity contribution in [2.45, 2.75) is 0 Å². The van der Waals surface area contributed by atoms with E-state index in [2.05, 4.69) is 10.3 Å². The van der Waals surface area contributed by atoms with Crippen LogP contribution in [0.5, 0.6) is 0 Å². The Morgan fingerprint density at radius 1 is 1.47 bits per heavy atom. The van der Waals surface area contributed by atoms with Gasteiger partial charge < -0.3 is 15.2 Å². The Morgan fingerprint density at radius 2 is 2.20 bits per heavy atom. The number of hydrogen-bond acceptors (Lipinski definition) is 3. The molecule has 1 saturated heterocycles. The second-order valence-corrected chi connectivity index (χ2v) is 3.46. The van der Waals surface area contributed by atoms with Crippen molar-refractivity contribution in [3.8, 4) is 6.07 Å². The standard InChI is InChI=1S/C10H12N4O/c11-6-8-5-9(13-7-8)10(15)14-3-1-12-2-4-14/h5,7,12-13H,1-4H2. The molecule has 0 atom stereocenters. The number of rotatable bonds is 1. The van der Waals surface area contributed by atoms with Crippen molar-refractivity contribution < 1.29 is 4.79 Å². The van der Waals surface area contributed by atoms with Crippen molar-refractivity contribution in [2.75, 3.05) is 26.2 Å². The molecule has 15 heavy (non-hydrogen) atoms. The Labute approximate surface area is 87.7 Å². The Balaban J connectivity index is 2.09. The predicted molar refractivity (Wildman–Crippen MR) is 54.3 cm³/mol. The van der Waals surface area contributed by atoms with Gasteiger partial charge in [-0.25, -0.2) is 0 Å². The van der Waals surface area contributed by atoms with Crippen LogP contribution in [0, 0.1) is 11.3 Å². The van der Waals surface area contributed by atoms with Gasteiger partial charge in [0.1, 0.15) is 11.8 Å². The monoisotopic (exact) mass is 204 g/mol. The number of amides is 1. The second kappa shape index (κ2) is 4.15. The average Bonchev–Trinajstić information content (AvgIpc) is 2.78. The fourth-order valence-corrected chi connectivity index (χ4v) is 1.62. The van der Waals surface area contributed by atoms with Crippen molar-refractivity contribution in [3.63, 3.8) is 0 Å². The molecule has 2 rings (SSSR count). The highest BCUT2D eigenvalue weighted by Gasteiger charge is 2.18. The molecule has 0 bridgehead atoms. The lowest BCUT2D eigenvalue weighted by Gasteiger charge is -2.26. The maximum atomic E-state index is 11.9. The minimum atomic E-state index is -0.0296. The topological polar surface area (TPSA) is 71.9 Å². The van der Waals surface area contributed by atoms with E-state index in [1.165, 1.54) is 0 Å². The molecule has 0 aromatic carbocycles. The maximum absolute atomic E-state index is 11.9. The third-order valence-corrected chi connectivity index (χ3v) is 2.45. The quantitative estimate of drug-likeness (QED) is 0.672. The lowest BCUT2D eigenvalue weighted by Crippen LogP contribution is -2.46. The lowest BCUT2D eigenvalue weighted by molar-refractivity contribution is 0.0730. The third kappa shape index (κ3) is 2.00. The van der Waals surface area contributed by atoms with Gasteiger partial charge in [-0.2, -0.15) is 5.26 Å². The Bertz CT molecular complexity index is 398. The van der Waals surface area contributed by atoms with Crippen molar-refractivity contribution >= 4 is 5.91 Å². The van der Waals surface area contributed by atoms with E-state index in [9.17, 15) is 4.79 Å². The first kappa shape index (κ1) is 9.74. The summed E-state index contributed by atoms with van der Waals surface area (Å²) in [6.07, 6.45) is 1.55. The number of aromatic amines is 1. The van der Waals surface area contributed by atoms with E-state index in [0.29, 0.717) is 11.3 Å². The summed E-state index contributed by atoms with van der Waals surface area (Å²) in [6, 6.07) is 3.58. The molecule has 5 heteroatoms. The second-order valence-electron chi connectivity index (χ2n) is 3.46. The minimum absolute atomic E-state index is 0.0296. The number of nitriles is 1. The molecule has 1 fully saturated rings. The highest BCUT2D eigenvalue weighted by Crippen LogP contribution is 2.06. The Kier molecular flexibility index (Phi) is 2.70. The predicted octanol–water partition coefficient (Wildman–Crippen LogP) is -0.0682. The van der Waals surface area contributed by atoms with E-state index in [1.807, 2.05) is 6.07 Å². The molecule has 1 amide bonds. The third-order valence-electron chi connectivity index (χ3n) is 2.45. The number of nitrogens with one attached hydrogen (secondary N) is 2. The first-order valence-electron chi connectivity index (χ1n) is 4.90. The lowest BCUT2D eigenvalue weighted by atomic mass is 10.3. The minimum Gasteiger partial charge on any atom is -0.356 e. The van der Waals surface area contributed by atoms with Gasteiger partial charge in [0.25, 0.3) is 5.91 Å². The number of nitrogens with zero attached hydrogens (tertiary/aromatic N) is 2. The zero-order chi connectivity index (χ0) is 10.7. The van der Waals surface area contributed by atoms with Crippen LogP contribution < -0.4 is 5.32 Å². The largest absolute Gasteiger partial charge is 0.356 e. The van der Waals surface area contributed by atoms with Gasteiger partial charge in [0, 0.05) is 32.4 Å². The van der Waals surface area contributed by atoms with Gasteiger partial charge >= 0.3 is 0 Å². The zero-order valence-corrected chi connectivity index (χ0v) is 8.29. The van der Waals surface area contributed by atoms with Gasteiger partial charge in [-0.1, -0.05) is 0 Å². The summed E-state index contributed by atoms with van der Waals surface area (Å²) < 4.78 is 0. The van der Waals surface area contributed by atoms with Crippen LogP contribution in [0.25, 0.3) is 0 Å². The van der Waals surface area contributed by atoms with Crippen molar-refractivity contribution in [3.05, 3.63) is 23.5 Å². The van der Waals surface area contributed by atoms with Gasteiger partial charge in [-0.15, -0.1) is 0 Å². The smallest absolute Gasteiger partial charge is 0.270 e. The molecule has 1 aliphatic heterocycles. The first-order chi connectivity index (χ1) is 7.31. The van der Waals surface area contributed by atoms with E-state index >= 15 is 0 Å². The number of piperazine rings is 1. The Morgan fingerprint density at radius 3 is 2.80 bits per heavy atom. The SMILES string of the molecule is N#Cc1c[nH]c(C(=O)N2CCNCC2)c1. The van der Waals surface area contributed by atoms with Crippen LogP contribution in [0.3, 0.4) is 0 Å². The number of carbonyl (C=O) groups excluding carboxylic acids is 1. The van der Waals surface area contributed by atoms with Crippen molar-refractivity contribution in [1.82, 2.24) is 15.2 Å². The average molecular weight is 204 g/mol. The highest BCUT2D eigenvalue weighted by atomic mass is 16.2. The van der Waals surface area contributed by atoms with Crippen LogP contribution in [0.4, 0.5) is 0 Å². The molecular formula is C10H12N4O. The molecule has 1 aromatic rings. The van der Waals surface area contributed by atoms with Gasteiger partial charge in [0.2, 0.25) is 0 Å². The van der Waals surface area contributed by atoms with Gasteiger partial charge in [0.05, 0.1) is 5.56 Å². The maximum Gasteiger partial charge on any atom is 0.270 e. The first-order valence-corrected chi connectivity index (χ1v) is 4.90. The summed E-state index contributed by atoms with van der Waals surface area (Å²) in [5.41, 5.74) is 0.988. The molecule has 2 N–H and O–H groups in total. The molecule has 78 valence electrons. The number of hydrogen-bond donors (Lipinski definition) is 2. The molecule has 0 saturated carbocycles. The fourth-order valence-electron chi connectivity index (χ4n) is 1.62. The van der Waals surface area contributed by atoms with Gasteiger partial charge in [-0.05, 0) is 6.07 Å². The summed E-state index contributed by atoms with van der Waals surface area (Å²) in [5.74, 6) is -0.0296. The number of H-pyrrole nitrogens is 1. The highest BCUT2D eigenvalue weighted by molar-refractivity contribution is 5.92. The molecular weight excluding hydrogens is 192 g/mol. The van der Waals surface area contributed by atoms with Crippen molar-refractivity contribution in [2.24, 2.45) is 0 Å². The van der Waals surface area contributed by atoms with E-state index in [4.69, 9.17) is 5.26 Å². The summed E-state index contributed by atoms with van der Waals surface area (Å²) in [6.45, 7) is 3.11. The molecule has 0 unspecified atom stereocenters. The summed E-state index contributed by atoms with van der Waals surface area (Å²) in [5, 5.41) is 11.8. The van der Waals surface area contributed by atoms with Crippen LogP contribution >= 0.6 is 0 Å². The van der Waals surface area contributed by atoms with Crippen LogP contribution in [0.2, 0.25) is 0 Å². The van der Waals surface area contributed by atoms with E-state index < -0.39 is 0 Å². The fraction of sp³-hybridized carbons (Fsp3) is 0.400. The molecule has 1 aromatic heterocycles. The molecule has 2 heterocycles. The summed E-state index contributed by atoms with van der Waals surface area (Å²) >= 11 is 0. The number of carbonyl (C=O) groups is 1. The zero-order valence-electron chi connectivity index (χ0n) is 8.29. The summed E-state index contributed by atoms with van der Waals surface area (Å²) in [7, 11) is 0. The molecule has 0 radical (unpaired) electrons. The normalized spacial score (nSPS) is 16.1. The van der Waals surface area contributed by atoms with Crippen molar-refractivity contribution in [1.29, 1.82) is 5.26 Å². The molecule has 0 spiro atoms. The van der Waals surface area contributed by atoms with Crippen LogP contribution in [-0.4, -0.2) is 42.0 Å². The van der Waals surface area contributed by atoms with Crippen LogP contribution in [0.15, 0.2) is 12.3 Å². The van der Waals surface area contributed by atoms with Gasteiger partial charge in [0.15, 0.2) is 0 Å². The molecule has 0 aliphatic carbocycles. The van der Waals surface area contributed by atoms with Crippen LogP contribution in [0.1, 0.15) is 16.1 Å². The van der Waals surface area contributed by atoms with E-state index in [1.54, 1.807) is 17.2 Å². The molecule has 5 nitrogen and oxygen atoms in total. The van der Waals surface area contributed by atoms with E-state index in [-0.39, 0.29) is 5.91 Å². The number of aromatic nitrogens is 1.